The zero-order valence-electron chi connectivity index (χ0n) is 13.8. The molecule has 0 unspecified atom stereocenters. The Hall–Kier alpha value is -3.33. The van der Waals surface area contributed by atoms with Crippen LogP contribution in [0.15, 0.2) is 72.8 Å². The van der Waals surface area contributed by atoms with Crippen molar-refractivity contribution in [2.24, 2.45) is 0 Å². The summed E-state index contributed by atoms with van der Waals surface area (Å²) >= 11 is 0. The summed E-state index contributed by atoms with van der Waals surface area (Å²) in [5.41, 5.74) is 6.48. The van der Waals surface area contributed by atoms with Gasteiger partial charge in [-0.3, -0.25) is 0 Å². The van der Waals surface area contributed by atoms with E-state index in [9.17, 15) is 0 Å². The molecule has 0 saturated carbocycles. The Kier molecular flexibility index (Phi) is 3.01. The summed E-state index contributed by atoms with van der Waals surface area (Å²) in [6, 6.07) is 24.8. The third-order valence-corrected chi connectivity index (χ3v) is 4.70. The predicted molar refractivity (Wildman–Crippen MR) is 103 cm³/mol. The van der Waals surface area contributed by atoms with E-state index in [1.165, 1.54) is 11.1 Å². The van der Waals surface area contributed by atoms with Crippen LogP contribution in [-0.4, -0.2) is 17.1 Å². The van der Waals surface area contributed by atoms with Gasteiger partial charge in [-0.15, -0.1) is 0 Å². The number of pyridine rings is 1. The van der Waals surface area contributed by atoms with Crippen molar-refractivity contribution in [3.63, 3.8) is 0 Å². The molecule has 5 rings (SSSR count). The van der Waals surface area contributed by atoms with Crippen LogP contribution in [0.4, 0.5) is 0 Å². The van der Waals surface area contributed by atoms with Crippen molar-refractivity contribution >= 4 is 32.8 Å². The predicted octanol–water partition coefficient (Wildman–Crippen LogP) is 5.54. The number of nitrogens with zero attached hydrogens (tertiary/aromatic N) is 1. The first-order valence-corrected chi connectivity index (χ1v) is 8.29. The van der Waals surface area contributed by atoms with E-state index in [0.29, 0.717) is 0 Å². The van der Waals surface area contributed by atoms with Crippen molar-refractivity contribution in [3.05, 3.63) is 72.8 Å². The molecular formula is C22H16N2O. The molecule has 0 fully saturated rings. The lowest BCUT2D eigenvalue weighted by Crippen LogP contribution is -1.87. The van der Waals surface area contributed by atoms with Crippen LogP contribution >= 0.6 is 0 Å². The fourth-order valence-electron chi connectivity index (χ4n) is 3.52. The Labute approximate surface area is 144 Å². The quantitative estimate of drug-likeness (QED) is 0.462. The fourth-order valence-corrected chi connectivity index (χ4v) is 3.52. The van der Waals surface area contributed by atoms with Crippen LogP contribution in [0.25, 0.3) is 44.0 Å². The van der Waals surface area contributed by atoms with Crippen LogP contribution < -0.4 is 4.74 Å². The van der Waals surface area contributed by atoms with E-state index in [-0.39, 0.29) is 0 Å². The van der Waals surface area contributed by atoms with Gasteiger partial charge in [0.1, 0.15) is 5.75 Å². The van der Waals surface area contributed by atoms with Gasteiger partial charge in [0.2, 0.25) is 0 Å². The normalized spacial score (nSPS) is 11.4. The number of para-hydroxylation sites is 1. The number of hydrogen-bond acceptors (Lipinski definition) is 2. The molecular weight excluding hydrogens is 308 g/mol. The average Bonchev–Trinajstić information content (AvgIpc) is 3.04. The first-order chi connectivity index (χ1) is 12.3. The molecule has 0 atom stereocenters. The van der Waals surface area contributed by atoms with Crippen LogP contribution in [0.2, 0.25) is 0 Å². The number of benzene rings is 3. The number of ether oxygens (including phenoxy) is 1. The van der Waals surface area contributed by atoms with Gasteiger partial charge >= 0.3 is 0 Å². The number of H-pyrrole nitrogens is 1. The second kappa shape index (κ2) is 5.35. The molecule has 5 aromatic rings. The molecule has 0 spiro atoms. The minimum atomic E-state index is 0.838. The maximum atomic E-state index is 5.40. The average molecular weight is 324 g/mol. The molecule has 0 aliphatic carbocycles. The first kappa shape index (κ1) is 14.1. The number of rotatable bonds is 2. The van der Waals surface area contributed by atoms with Gasteiger partial charge in [-0.25, -0.2) is 4.98 Å². The highest BCUT2D eigenvalue weighted by Crippen LogP contribution is 2.38. The molecule has 3 heteroatoms. The summed E-state index contributed by atoms with van der Waals surface area (Å²) in [7, 11) is 1.69. The molecule has 0 aliphatic rings. The van der Waals surface area contributed by atoms with Crippen molar-refractivity contribution in [1.29, 1.82) is 0 Å². The van der Waals surface area contributed by atoms with Crippen LogP contribution in [0.1, 0.15) is 0 Å². The first-order valence-electron chi connectivity index (χ1n) is 8.29. The van der Waals surface area contributed by atoms with Gasteiger partial charge in [-0.1, -0.05) is 48.5 Å². The van der Waals surface area contributed by atoms with Gasteiger partial charge in [0.15, 0.2) is 0 Å². The SMILES string of the molecule is COc1ccc2[nH]c3c(-c4ccccc4)c4ccccc4nc3c2c1. The maximum Gasteiger partial charge on any atom is 0.119 e. The minimum Gasteiger partial charge on any atom is -0.497 e. The molecule has 0 amide bonds. The smallest absolute Gasteiger partial charge is 0.119 e. The van der Waals surface area contributed by atoms with Crippen molar-refractivity contribution in [1.82, 2.24) is 9.97 Å². The van der Waals surface area contributed by atoms with Crippen LogP contribution in [0.5, 0.6) is 5.75 Å². The summed E-state index contributed by atoms with van der Waals surface area (Å²) in [6.45, 7) is 0. The molecule has 0 radical (unpaired) electrons. The van der Waals surface area contributed by atoms with Crippen molar-refractivity contribution < 1.29 is 4.74 Å². The van der Waals surface area contributed by atoms with E-state index in [0.717, 1.165) is 38.6 Å². The van der Waals surface area contributed by atoms with E-state index >= 15 is 0 Å². The summed E-state index contributed by atoms with van der Waals surface area (Å²) in [4.78, 5) is 8.51. The van der Waals surface area contributed by atoms with Gasteiger partial charge in [-0.05, 0) is 29.8 Å². The zero-order valence-corrected chi connectivity index (χ0v) is 13.8. The summed E-state index contributed by atoms with van der Waals surface area (Å²) in [6.07, 6.45) is 0. The van der Waals surface area contributed by atoms with Gasteiger partial charge in [0.25, 0.3) is 0 Å². The van der Waals surface area contributed by atoms with Gasteiger partial charge in [0.05, 0.1) is 23.7 Å². The molecule has 0 bridgehead atoms. The lowest BCUT2D eigenvalue weighted by molar-refractivity contribution is 0.415. The van der Waals surface area contributed by atoms with Crippen molar-refractivity contribution in [2.75, 3.05) is 7.11 Å². The monoisotopic (exact) mass is 324 g/mol. The molecule has 2 aromatic heterocycles. The second-order valence-electron chi connectivity index (χ2n) is 6.13. The molecule has 3 nitrogen and oxygen atoms in total. The van der Waals surface area contributed by atoms with Crippen LogP contribution in [-0.2, 0) is 0 Å². The number of methoxy groups -OCH3 is 1. The van der Waals surface area contributed by atoms with Crippen LogP contribution in [0.3, 0.4) is 0 Å². The molecule has 3 aromatic carbocycles. The maximum absolute atomic E-state index is 5.40. The number of nitrogens with one attached hydrogen (secondary N) is 1. The summed E-state index contributed by atoms with van der Waals surface area (Å²) in [5, 5.41) is 2.23. The van der Waals surface area contributed by atoms with E-state index in [4.69, 9.17) is 9.72 Å². The number of aromatic nitrogens is 2. The zero-order chi connectivity index (χ0) is 16.8. The Morgan fingerprint density at radius 1 is 0.840 bits per heavy atom. The fraction of sp³-hybridized carbons (Fsp3) is 0.0455. The van der Waals surface area contributed by atoms with Gasteiger partial charge in [-0.2, -0.15) is 0 Å². The largest absolute Gasteiger partial charge is 0.497 e. The Morgan fingerprint density at radius 2 is 1.64 bits per heavy atom. The van der Waals surface area contributed by atoms with Gasteiger partial charge in [0, 0.05) is 21.9 Å². The number of hydrogen-bond donors (Lipinski definition) is 1. The van der Waals surface area contributed by atoms with E-state index < -0.39 is 0 Å². The lowest BCUT2D eigenvalue weighted by atomic mass is 9.99. The minimum absolute atomic E-state index is 0.838. The topological polar surface area (TPSA) is 37.9 Å². The summed E-state index contributed by atoms with van der Waals surface area (Å²) < 4.78 is 5.40. The third-order valence-electron chi connectivity index (χ3n) is 4.70. The van der Waals surface area contributed by atoms with Crippen molar-refractivity contribution in [2.45, 2.75) is 0 Å². The summed E-state index contributed by atoms with van der Waals surface area (Å²) in [5.74, 6) is 0.838. The second-order valence-corrected chi connectivity index (χ2v) is 6.13. The highest BCUT2D eigenvalue weighted by molar-refractivity contribution is 6.16. The molecule has 25 heavy (non-hydrogen) atoms. The molecule has 1 N–H and O–H groups in total. The third kappa shape index (κ3) is 2.09. The Balaban J connectivity index is 2.00. The number of fused-ring (bicyclic) bond motifs is 4. The van der Waals surface area contributed by atoms with Crippen molar-refractivity contribution in [3.8, 4) is 16.9 Å². The Bertz CT molecular complexity index is 1220. The molecule has 2 heterocycles. The molecule has 120 valence electrons. The highest BCUT2D eigenvalue weighted by atomic mass is 16.5. The Morgan fingerprint density at radius 3 is 2.48 bits per heavy atom. The molecule has 0 aliphatic heterocycles. The molecule has 0 saturated heterocycles. The van der Waals surface area contributed by atoms with E-state index in [1.807, 2.05) is 24.3 Å². The van der Waals surface area contributed by atoms with Gasteiger partial charge < -0.3 is 9.72 Å². The highest BCUT2D eigenvalue weighted by Gasteiger charge is 2.15. The van der Waals surface area contributed by atoms with Crippen LogP contribution in [0, 0.1) is 0 Å². The van der Waals surface area contributed by atoms with E-state index in [2.05, 4.69) is 53.5 Å². The lowest BCUT2D eigenvalue weighted by Gasteiger charge is -2.08. The standard InChI is InChI=1S/C22H16N2O/c1-25-15-11-12-19-17(13-15)21-22(24-19)20(14-7-3-2-4-8-14)16-9-5-6-10-18(16)23-21/h2-13,24H,1H3. The van der Waals surface area contributed by atoms with E-state index in [1.54, 1.807) is 7.11 Å². The number of aromatic amines is 1.